The minimum Gasteiger partial charge on any atom is -0.332 e. The molecule has 0 aliphatic carbocycles. The van der Waals surface area contributed by atoms with Crippen LogP contribution in [0.5, 0.6) is 0 Å². The van der Waals surface area contributed by atoms with Gasteiger partial charge in [0.05, 0.1) is 11.9 Å². The van der Waals surface area contributed by atoms with Gasteiger partial charge in [-0.3, -0.25) is 9.10 Å². The van der Waals surface area contributed by atoms with Crippen LogP contribution in [0.1, 0.15) is 29.5 Å². The number of aromatic amines is 1. The van der Waals surface area contributed by atoms with Crippen molar-refractivity contribution in [2.24, 2.45) is 0 Å². The Morgan fingerprint density at radius 2 is 2.10 bits per heavy atom. The molecule has 1 aliphatic heterocycles. The molecule has 0 spiro atoms. The number of rotatable bonds is 3. The van der Waals surface area contributed by atoms with E-state index in [2.05, 4.69) is 9.97 Å². The normalized spacial score (nSPS) is 15.1. The van der Waals surface area contributed by atoms with E-state index in [4.69, 9.17) is 0 Å². The summed E-state index contributed by atoms with van der Waals surface area (Å²) in [5.74, 6) is 0.589. The molecule has 6 nitrogen and oxygen atoms in total. The Morgan fingerprint density at radius 3 is 2.81 bits per heavy atom. The molecule has 0 radical (unpaired) electrons. The fourth-order valence-electron chi connectivity index (χ4n) is 2.41. The quantitative estimate of drug-likeness (QED) is 0.936. The predicted octanol–water partition coefficient (Wildman–Crippen LogP) is 1.75. The third-order valence-corrected chi connectivity index (χ3v) is 5.25. The maximum atomic E-state index is 12.7. The van der Waals surface area contributed by atoms with Gasteiger partial charge in [-0.05, 0) is 12.1 Å². The Morgan fingerprint density at radius 1 is 1.33 bits per heavy atom. The average Bonchev–Trinajstić information content (AvgIpc) is 2.97. The maximum absolute atomic E-state index is 12.7. The van der Waals surface area contributed by atoms with Gasteiger partial charge in [0.15, 0.2) is 10.8 Å². The van der Waals surface area contributed by atoms with Crippen molar-refractivity contribution < 1.29 is 13.2 Å². The molecule has 2 heterocycles. The smallest absolute Gasteiger partial charge is 0.281 e. The number of ketones is 1. The topological polar surface area (TPSA) is 83.1 Å². The summed E-state index contributed by atoms with van der Waals surface area (Å²) < 4.78 is 26.7. The van der Waals surface area contributed by atoms with Crippen molar-refractivity contribution in [1.29, 1.82) is 0 Å². The number of nitrogens with one attached hydrogen (secondary N) is 1. The van der Waals surface area contributed by atoms with Crippen molar-refractivity contribution in [3.63, 3.8) is 0 Å². The number of aryl methyl sites for hydroxylation is 1. The van der Waals surface area contributed by atoms with Gasteiger partial charge in [0.25, 0.3) is 10.0 Å². The summed E-state index contributed by atoms with van der Waals surface area (Å²) in [4.78, 5) is 18.8. The summed E-state index contributed by atoms with van der Waals surface area (Å²) in [5.41, 5.74) is 0.879. The number of hydrogen-bond acceptors (Lipinski definition) is 4. The summed E-state index contributed by atoms with van der Waals surface area (Å²) in [6.45, 7) is 2.04. The summed E-state index contributed by atoms with van der Waals surface area (Å²) in [7, 11) is -3.73. The van der Waals surface area contributed by atoms with Crippen molar-refractivity contribution in [1.82, 2.24) is 9.97 Å². The van der Waals surface area contributed by atoms with Crippen LogP contribution in [-0.2, 0) is 16.4 Å². The highest BCUT2D eigenvalue weighted by Gasteiger charge is 2.33. The summed E-state index contributed by atoms with van der Waals surface area (Å²) >= 11 is 0. The van der Waals surface area contributed by atoms with Gasteiger partial charge < -0.3 is 4.98 Å². The fourth-order valence-corrected chi connectivity index (χ4v) is 3.83. The first-order valence-electron chi connectivity index (χ1n) is 6.73. The summed E-state index contributed by atoms with van der Waals surface area (Å²) in [6, 6.07) is 6.77. The summed E-state index contributed by atoms with van der Waals surface area (Å²) in [5, 5.41) is 0.0588. The second kappa shape index (κ2) is 5.00. The largest absolute Gasteiger partial charge is 0.332 e. The summed E-state index contributed by atoms with van der Waals surface area (Å²) in [6.07, 6.45) is 2.14. The first kappa shape index (κ1) is 13.8. The van der Waals surface area contributed by atoms with Crippen LogP contribution in [0.25, 0.3) is 0 Å². The van der Waals surface area contributed by atoms with Gasteiger partial charge in [-0.25, -0.2) is 4.98 Å². The van der Waals surface area contributed by atoms with Crippen LogP contribution in [0.2, 0.25) is 0 Å². The van der Waals surface area contributed by atoms with Gasteiger partial charge in [0, 0.05) is 24.9 Å². The van der Waals surface area contributed by atoms with Crippen LogP contribution in [-0.4, -0.2) is 30.7 Å². The number of sulfonamides is 1. The number of imidazole rings is 1. The fraction of sp³-hybridized carbons (Fsp3) is 0.286. The number of Topliss-reactive ketones (excluding diaryl/α,β-unsaturated/α-hetero) is 1. The minimum atomic E-state index is -3.73. The van der Waals surface area contributed by atoms with E-state index in [0.29, 0.717) is 23.5 Å². The lowest BCUT2D eigenvalue weighted by Gasteiger charge is -2.28. The van der Waals surface area contributed by atoms with E-state index in [0.717, 1.165) is 0 Å². The highest BCUT2D eigenvalue weighted by molar-refractivity contribution is 7.92. The lowest BCUT2D eigenvalue weighted by Crippen LogP contribution is -2.37. The highest BCUT2D eigenvalue weighted by atomic mass is 32.2. The van der Waals surface area contributed by atoms with E-state index in [-0.39, 0.29) is 23.8 Å². The monoisotopic (exact) mass is 305 g/mol. The lowest BCUT2D eigenvalue weighted by molar-refractivity contribution is 0.0982. The Bertz CT molecular complexity index is 795. The molecule has 1 aromatic heterocycles. The zero-order chi connectivity index (χ0) is 15.0. The highest BCUT2D eigenvalue weighted by Crippen LogP contribution is 2.31. The van der Waals surface area contributed by atoms with Gasteiger partial charge in [-0.2, -0.15) is 8.42 Å². The molecule has 0 saturated carbocycles. The number of benzene rings is 1. The van der Waals surface area contributed by atoms with Crippen LogP contribution < -0.4 is 4.31 Å². The Kier molecular flexibility index (Phi) is 3.29. The Balaban J connectivity index is 2.08. The van der Waals surface area contributed by atoms with Gasteiger partial charge in [-0.1, -0.05) is 19.1 Å². The van der Waals surface area contributed by atoms with E-state index in [1.165, 1.54) is 10.5 Å². The molecular weight excluding hydrogens is 290 g/mol. The number of para-hydroxylation sites is 1. The van der Waals surface area contributed by atoms with Crippen molar-refractivity contribution in [2.45, 2.75) is 24.8 Å². The lowest BCUT2D eigenvalue weighted by atomic mass is 10.0. The van der Waals surface area contributed by atoms with E-state index in [1.54, 1.807) is 24.3 Å². The molecule has 0 saturated heterocycles. The molecule has 110 valence electrons. The molecule has 7 heteroatoms. The SMILES string of the molecule is CCc1ncc(S(=O)(=O)N2CCC(=O)c3ccccc32)[nH]1. The number of aromatic nitrogens is 2. The van der Waals surface area contributed by atoms with Crippen LogP contribution in [0.15, 0.2) is 35.5 Å². The van der Waals surface area contributed by atoms with Gasteiger partial charge in [0.2, 0.25) is 0 Å². The van der Waals surface area contributed by atoms with E-state index in [1.807, 2.05) is 6.92 Å². The first-order chi connectivity index (χ1) is 10.0. The van der Waals surface area contributed by atoms with Gasteiger partial charge in [0.1, 0.15) is 5.82 Å². The molecule has 0 unspecified atom stereocenters. The first-order valence-corrected chi connectivity index (χ1v) is 8.17. The zero-order valence-electron chi connectivity index (χ0n) is 11.5. The standard InChI is InChI=1S/C14H15N3O3S/c1-2-13-15-9-14(16-13)21(19,20)17-8-7-12(18)10-5-3-4-6-11(10)17/h3-6,9H,2,7-8H2,1H3,(H,15,16). The number of carbonyl (C=O) groups excluding carboxylic acids is 1. The molecule has 1 aromatic carbocycles. The Labute approximate surface area is 122 Å². The van der Waals surface area contributed by atoms with E-state index in [9.17, 15) is 13.2 Å². The molecule has 1 aliphatic rings. The number of carbonyl (C=O) groups is 1. The van der Waals surface area contributed by atoms with Crippen LogP contribution in [0.3, 0.4) is 0 Å². The van der Waals surface area contributed by atoms with Gasteiger partial charge in [-0.15, -0.1) is 0 Å². The van der Waals surface area contributed by atoms with E-state index < -0.39 is 10.0 Å². The van der Waals surface area contributed by atoms with Crippen LogP contribution >= 0.6 is 0 Å². The maximum Gasteiger partial charge on any atom is 0.281 e. The van der Waals surface area contributed by atoms with Crippen molar-refractivity contribution in [3.8, 4) is 0 Å². The molecule has 0 atom stereocenters. The average molecular weight is 305 g/mol. The Hall–Kier alpha value is -2.15. The third-order valence-electron chi connectivity index (χ3n) is 3.52. The zero-order valence-corrected chi connectivity index (χ0v) is 12.4. The minimum absolute atomic E-state index is 0.0316. The van der Waals surface area contributed by atoms with Crippen molar-refractivity contribution in [2.75, 3.05) is 10.8 Å². The molecule has 2 aromatic rings. The van der Waals surface area contributed by atoms with Crippen molar-refractivity contribution >= 4 is 21.5 Å². The molecule has 0 fully saturated rings. The number of anilines is 1. The second-order valence-electron chi connectivity index (χ2n) is 4.82. The second-order valence-corrected chi connectivity index (χ2v) is 6.65. The molecule has 0 amide bonds. The number of H-pyrrole nitrogens is 1. The molecule has 21 heavy (non-hydrogen) atoms. The van der Waals surface area contributed by atoms with Crippen LogP contribution in [0, 0.1) is 0 Å². The predicted molar refractivity (Wildman–Crippen MR) is 77.9 cm³/mol. The molecular formula is C14H15N3O3S. The third kappa shape index (κ3) is 2.23. The molecule has 0 bridgehead atoms. The number of fused-ring (bicyclic) bond motifs is 1. The molecule has 1 N–H and O–H groups in total. The van der Waals surface area contributed by atoms with Gasteiger partial charge >= 0.3 is 0 Å². The molecule has 3 rings (SSSR count). The number of hydrogen-bond donors (Lipinski definition) is 1. The van der Waals surface area contributed by atoms with E-state index >= 15 is 0 Å². The van der Waals surface area contributed by atoms with Crippen molar-refractivity contribution in [3.05, 3.63) is 41.9 Å². The van der Waals surface area contributed by atoms with Crippen LogP contribution in [0.4, 0.5) is 5.69 Å². The number of nitrogens with zero attached hydrogens (tertiary/aromatic N) is 2.